The van der Waals surface area contributed by atoms with Crippen LogP contribution in [0.4, 0.5) is 17.6 Å². The van der Waals surface area contributed by atoms with E-state index in [1.165, 1.54) is 22.9 Å². The third-order valence-corrected chi connectivity index (χ3v) is 7.11. The normalized spacial score (nSPS) is 13.3. The molecule has 2 aromatic heterocycles. The number of hydrogen-bond donors (Lipinski definition) is 5. The Kier molecular flexibility index (Phi) is 9.87. The lowest BCUT2D eigenvalue weighted by atomic mass is 9.98. The van der Waals surface area contributed by atoms with Crippen molar-refractivity contribution in [1.82, 2.24) is 19.9 Å². The second kappa shape index (κ2) is 13.4. The zero-order chi connectivity index (χ0) is 31.3. The van der Waals surface area contributed by atoms with Gasteiger partial charge in [0.1, 0.15) is 11.5 Å². The first kappa shape index (κ1) is 31.7. The average Bonchev–Trinajstić information content (AvgIpc) is 3.34. The van der Waals surface area contributed by atoms with Crippen LogP contribution in [-0.2, 0) is 12.6 Å². The summed E-state index contributed by atoms with van der Waals surface area (Å²) in [6.45, 7) is 5.05. The fraction of sp³-hybridized carbons (Fsp3) is 0.367. The van der Waals surface area contributed by atoms with Crippen LogP contribution in [-0.4, -0.2) is 39.6 Å². The van der Waals surface area contributed by atoms with Gasteiger partial charge in [-0.2, -0.15) is 18.2 Å². The number of hydrogen-bond acceptors (Lipinski definition) is 5. The van der Waals surface area contributed by atoms with Gasteiger partial charge in [0.15, 0.2) is 5.96 Å². The standard InChI is InChI=1S/C30H36F4N8O/c1-17(35)5-3-6-19-13-23(26(31)24(14-19)30(32,33)34)25-15-21-16-42(29(43)41-27(21)40-25)22-9-7-20(8-10-22)18(2)38-11-4-12-39-28(36)37/h7-10,13-18,38H,3-6,11-12,35H2,1-2H3,(H4,36,37,39)(H,40,41,43). The van der Waals surface area contributed by atoms with E-state index in [1.807, 2.05) is 26.0 Å². The van der Waals surface area contributed by atoms with E-state index in [4.69, 9.17) is 17.2 Å². The maximum atomic E-state index is 15.2. The minimum atomic E-state index is -4.88. The van der Waals surface area contributed by atoms with E-state index in [-0.39, 0.29) is 34.9 Å². The van der Waals surface area contributed by atoms with Gasteiger partial charge in [-0.05, 0) is 87.5 Å². The number of H-pyrrole nitrogens is 1. The Balaban J connectivity index is 1.60. The molecular formula is C30H36F4N8O. The molecule has 0 aliphatic heterocycles. The lowest BCUT2D eigenvalue weighted by Gasteiger charge is -2.15. The predicted octanol–water partition coefficient (Wildman–Crippen LogP) is 4.52. The first-order chi connectivity index (χ1) is 20.3. The summed E-state index contributed by atoms with van der Waals surface area (Å²) < 4.78 is 57.7. The number of halogens is 4. The van der Waals surface area contributed by atoms with Gasteiger partial charge in [-0.1, -0.05) is 12.1 Å². The second-order valence-electron chi connectivity index (χ2n) is 10.7. The van der Waals surface area contributed by atoms with E-state index < -0.39 is 23.2 Å². The van der Waals surface area contributed by atoms with Gasteiger partial charge in [0.2, 0.25) is 0 Å². The molecule has 0 amide bonds. The Morgan fingerprint density at radius 2 is 1.84 bits per heavy atom. The van der Waals surface area contributed by atoms with Crippen LogP contribution in [0.5, 0.6) is 0 Å². The van der Waals surface area contributed by atoms with Crippen LogP contribution in [0.1, 0.15) is 55.8 Å². The molecule has 0 spiro atoms. The molecule has 0 aliphatic carbocycles. The molecule has 0 aliphatic rings. The number of benzene rings is 2. The average molecular weight is 601 g/mol. The third kappa shape index (κ3) is 7.99. The summed E-state index contributed by atoms with van der Waals surface area (Å²) in [4.78, 5) is 23.7. The molecule has 43 heavy (non-hydrogen) atoms. The van der Waals surface area contributed by atoms with E-state index in [1.54, 1.807) is 12.1 Å². The molecule has 4 rings (SSSR count). The highest BCUT2D eigenvalue weighted by atomic mass is 19.4. The number of guanidine groups is 1. The largest absolute Gasteiger partial charge is 0.419 e. The van der Waals surface area contributed by atoms with Gasteiger partial charge in [0.25, 0.3) is 0 Å². The van der Waals surface area contributed by atoms with E-state index in [0.29, 0.717) is 49.0 Å². The lowest BCUT2D eigenvalue weighted by Crippen LogP contribution is -2.24. The highest BCUT2D eigenvalue weighted by Crippen LogP contribution is 2.37. The first-order valence-electron chi connectivity index (χ1n) is 14.0. The Bertz CT molecular complexity index is 1640. The second-order valence-corrected chi connectivity index (χ2v) is 10.7. The van der Waals surface area contributed by atoms with Crippen molar-refractivity contribution < 1.29 is 17.6 Å². The lowest BCUT2D eigenvalue weighted by molar-refractivity contribution is -0.140. The maximum Gasteiger partial charge on any atom is 0.419 e. The van der Waals surface area contributed by atoms with E-state index in [2.05, 4.69) is 20.3 Å². The van der Waals surface area contributed by atoms with Crippen molar-refractivity contribution in [1.29, 1.82) is 0 Å². The van der Waals surface area contributed by atoms with Gasteiger partial charge in [0, 0.05) is 35.8 Å². The van der Waals surface area contributed by atoms with Crippen molar-refractivity contribution in [3.8, 4) is 16.9 Å². The van der Waals surface area contributed by atoms with Crippen LogP contribution in [0.2, 0.25) is 0 Å². The SMILES string of the molecule is CC(N)CCCc1cc(-c2cc3cn(-c4ccc(C(C)NCCCN=C(N)N)cc4)c(=O)nc3[nH]2)c(F)c(C(F)(F)F)c1. The van der Waals surface area contributed by atoms with Gasteiger partial charge in [-0.3, -0.25) is 9.56 Å². The van der Waals surface area contributed by atoms with Crippen LogP contribution in [0.15, 0.2) is 58.4 Å². The smallest absolute Gasteiger partial charge is 0.370 e. The number of nitrogens with two attached hydrogens (primary N) is 3. The molecule has 13 heteroatoms. The number of nitrogens with one attached hydrogen (secondary N) is 2. The van der Waals surface area contributed by atoms with Gasteiger partial charge < -0.3 is 27.5 Å². The topological polar surface area (TPSA) is 153 Å². The van der Waals surface area contributed by atoms with Crippen LogP contribution >= 0.6 is 0 Å². The molecule has 8 N–H and O–H groups in total. The minimum Gasteiger partial charge on any atom is -0.370 e. The summed E-state index contributed by atoms with van der Waals surface area (Å²) in [6, 6.07) is 11.0. The Morgan fingerprint density at radius 1 is 1.12 bits per heavy atom. The first-order valence-corrected chi connectivity index (χ1v) is 14.0. The zero-order valence-corrected chi connectivity index (χ0v) is 24.0. The van der Waals surface area contributed by atoms with Crippen LogP contribution in [0.3, 0.4) is 0 Å². The van der Waals surface area contributed by atoms with Gasteiger partial charge >= 0.3 is 11.9 Å². The Labute approximate surface area is 246 Å². The molecule has 2 heterocycles. The van der Waals surface area contributed by atoms with Crippen LogP contribution < -0.4 is 28.2 Å². The van der Waals surface area contributed by atoms with E-state index in [9.17, 15) is 18.0 Å². The molecule has 0 radical (unpaired) electrons. The van der Waals surface area contributed by atoms with Crippen LogP contribution in [0.25, 0.3) is 28.0 Å². The number of aryl methyl sites for hydroxylation is 1. The Hall–Kier alpha value is -4.23. The summed E-state index contributed by atoms with van der Waals surface area (Å²) in [6.07, 6.45) is -1.10. The van der Waals surface area contributed by atoms with Crippen molar-refractivity contribution >= 4 is 17.0 Å². The summed E-state index contributed by atoms with van der Waals surface area (Å²) in [5.41, 5.74) is 16.4. The zero-order valence-electron chi connectivity index (χ0n) is 24.0. The number of rotatable bonds is 12. The minimum absolute atomic E-state index is 0.0313. The maximum absolute atomic E-state index is 15.2. The van der Waals surface area contributed by atoms with Crippen molar-refractivity contribution in [3.63, 3.8) is 0 Å². The predicted molar refractivity (Wildman–Crippen MR) is 160 cm³/mol. The molecule has 230 valence electrons. The van der Waals surface area contributed by atoms with Crippen LogP contribution in [0, 0.1) is 5.82 Å². The van der Waals surface area contributed by atoms with Gasteiger partial charge in [-0.25, -0.2) is 9.18 Å². The summed E-state index contributed by atoms with van der Waals surface area (Å²) in [5.74, 6) is -1.33. The van der Waals surface area contributed by atoms with Crippen molar-refractivity contribution in [2.75, 3.05) is 13.1 Å². The summed E-state index contributed by atoms with van der Waals surface area (Å²) in [5, 5.41) is 3.82. The monoisotopic (exact) mass is 600 g/mol. The van der Waals surface area contributed by atoms with Crippen molar-refractivity contribution in [3.05, 3.63) is 81.7 Å². The Morgan fingerprint density at radius 3 is 2.49 bits per heavy atom. The van der Waals surface area contributed by atoms with Crippen molar-refractivity contribution in [2.45, 2.75) is 57.8 Å². The molecule has 2 atom stereocenters. The molecule has 9 nitrogen and oxygen atoms in total. The van der Waals surface area contributed by atoms with Gasteiger partial charge in [0.05, 0.1) is 16.9 Å². The molecule has 2 aromatic carbocycles. The number of fused-ring (bicyclic) bond motifs is 1. The number of alkyl halides is 3. The molecule has 2 unspecified atom stereocenters. The van der Waals surface area contributed by atoms with Gasteiger partial charge in [-0.15, -0.1) is 0 Å². The molecule has 0 fully saturated rings. The highest BCUT2D eigenvalue weighted by Gasteiger charge is 2.36. The summed E-state index contributed by atoms with van der Waals surface area (Å²) >= 11 is 0. The molecular weight excluding hydrogens is 564 g/mol. The van der Waals surface area contributed by atoms with E-state index >= 15 is 4.39 Å². The highest BCUT2D eigenvalue weighted by molar-refractivity contribution is 5.83. The third-order valence-electron chi connectivity index (χ3n) is 7.11. The van der Waals surface area contributed by atoms with Crippen molar-refractivity contribution in [2.24, 2.45) is 22.2 Å². The van der Waals surface area contributed by atoms with E-state index in [0.717, 1.165) is 18.1 Å². The molecule has 4 aromatic rings. The number of aromatic nitrogens is 3. The number of aromatic amines is 1. The summed E-state index contributed by atoms with van der Waals surface area (Å²) in [7, 11) is 0. The quantitative estimate of drug-likeness (QED) is 0.0698. The molecule has 0 saturated carbocycles. The fourth-order valence-electron chi connectivity index (χ4n) is 4.83. The number of aliphatic imine (C=N–C) groups is 1. The number of nitrogens with zero attached hydrogens (tertiary/aromatic N) is 3. The fourth-order valence-corrected chi connectivity index (χ4v) is 4.83. The molecule has 0 bridgehead atoms. The molecule has 0 saturated heterocycles.